The minimum Gasteiger partial charge on any atom is -0.395 e. The van der Waals surface area contributed by atoms with E-state index < -0.39 is 6.10 Å². The second-order valence-electron chi connectivity index (χ2n) is 4.96. The zero-order chi connectivity index (χ0) is 18.5. The summed E-state index contributed by atoms with van der Waals surface area (Å²) in [7, 11) is 0. The van der Waals surface area contributed by atoms with Crippen molar-refractivity contribution in [2.45, 2.75) is 53.6 Å². The van der Waals surface area contributed by atoms with Crippen LogP contribution in [-0.2, 0) is 0 Å². The van der Waals surface area contributed by atoms with Gasteiger partial charge in [0.25, 0.3) is 0 Å². The molecule has 23 heavy (non-hydrogen) atoms. The molecule has 0 aromatic carbocycles. The summed E-state index contributed by atoms with van der Waals surface area (Å²) in [5.74, 6) is 0. The average Bonchev–Trinajstić information content (AvgIpc) is 2.60. The first kappa shape index (κ1) is 27.6. The van der Waals surface area contributed by atoms with Crippen molar-refractivity contribution in [3.63, 3.8) is 0 Å². The van der Waals surface area contributed by atoms with Gasteiger partial charge < -0.3 is 25.3 Å². The lowest BCUT2D eigenvalue weighted by atomic mass is 10.3. The van der Waals surface area contributed by atoms with Crippen LogP contribution in [0, 0.1) is 0 Å². The summed E-state index contributed by atoms with van der Waals surface area (Å²) in [5.41, 5.74) is 0. The first-order valence-electron chi connectivity index (χ1n) is 9.04. The number of likely N-dealkylation sites (N-methyl/N-ethyl adjacent to an activating group) is 1. The van der Waals surface area contributed by atoms with Crippen molar-refractivity contribution in [3.8, 4) is 0 Å². The van der Waals surface area contributed by atoms with Crippen LogP contribution in [0.2, 0.25) is 0 Å². The Bertz CT molecular complexity index is 187. The van der Waals surface area contributed by atoms with Crippen LogP contribution in [0.4, 0.5) is 0 Å². The molecule has 0 heterocycles. The van der Waals surface area contributed by atoms with E-state index >= 15 is 0 Å². The Balaban J connectivity index is -0.000000315. The van der Waals surface area contributed by atoms with E-state index in [2.05, 4.69) is 16.7 Å². The van der Waals surface area contributed by atoms with Gasteiger partial charge in [-0.25, -0.2) is 0 Å². The third-order valence-electron chi connectivity index (χ3n) is 3.23. The van der Waals surface area contributed by atoms with Crippen molar-refractivity contribution in [2.75, 3.05) is 59.1 Å². The predicted octanol–water partition coefficient (Wildman–Crippen LogP) is 0.781. The molecule has 1 unspecified atom stereocenters. The maximum atomic E-state index is 9.00. The second kappa shape index (κ2) is 24.0. The molecule has 144 valence electrons. The molecule has 1 atom stereocenters. The smallest absolute Gasteiger partial charge is 0.0897 e. The van der Waals surface area contributed by atoms with Crippen molar-refractivity contribution in [1.29, 1.82) is 0 Å². The summed E-state index contributed by atoms with van der Waals surface area (Å²) in [6, 6.07) is 0. The highest BCUT2D eigenvalue weighted by molar-refractivity contribution is 4.59. The van der Waals surface area contributed by atoms with Crippen molar-refractivity contribution in [3.05, 3.63) is 0 Å². The molecule has 4 N–H and O–H groups in total. The van der Waals surface area contributed by atoms with Gasteiger partial charge in [0, 0.05) is 19.6 Å². The molecule has 0 aromatic heterocycles. The van der Waals surface area contributed by atoms with Crippen LogP contribution >= 0.6 is 0 Å². The Morgan fingerprint density at radius 3 is 1.57 bits per heavy atom. The van der Waals surface area contributed by atoms with Gasteiger partial charge in [-0.3, -0.25) is 4.90 Å². The van der Waals surface area contributed by atoms with Gasteiger partial charge in [-0.05, 0) is 26.1 Å². The van der Waals surface area contributed by atoms with E-state index in [1.807, 2.05) is 27.7 Å². The standard InChI is InChI=1S/C8H19NO2.C7H17NO2.C2H6/c1-2-3-4-9(5-7-10)6-8-11;1-3-8(4-2)5-7(10)6-9;1-2/h10-11H,2-8H2,1H3;7,9-10H,3-6H2,1-2H3;1-2H3. The molecule has 0 amide bonds. The number of aliphatic hydroxyl groups is 4. The summed E-state index contributed by atoms with van der Waals surface area (Å²) in [6.07, 6.45) is 1.72. The number of nitrogens with zero attached hydrogens (tertiary/aromatic N) is 2. The average molecular weight is 339 g/mol. The van der Waals surface area contributed by atoms with Crippen molar-refractivity contribution in [2.24, 2.45) is 0 Å². The monoisotopic (exact) mass is 338 g/mol. The SMILES string of the molecule is CC.CCCCN(CCO)CCO.CCN(CC)CC(O)CO. The van der Waals surface area contributed by atoms with Gasteiger partial charge in [-0.2, -0.15) is 0 Å². The van der Waals surface area contributed by atoms with Gasteiger partial charge in [0.1, 0.15) is 0 Å². The lowest BCUT2D eigenvalue weighted by Gasteiger charge is -2.20. The number of hydrogen-bond acceptors (Lipinski definition) is 6. The second-order valence-corrected chi connectivity index (χ2v) is 4.96. The molecular formula is C17H42N2O4. The lowest BCUT2D eigenvalue weighted by molar-refractivity contribution is 0.0623. The minimum absolute atomic E-state index is 0.142. The molecule has 0 fully saturated rings. The fourth-order valence-electron chi connectivity index (χ4n) is 1.84. The number of unbranched alkanes of at least 4 members (excludes halogenated alkanes) is 1. The molecule has 0 aromatic rings. The van der Waals surface area contributed by atoms with Crippen LogP contribution < -0.4 is 0 Å². The maximum absolute atomic E-state index is 9.00. The Morgan fingerprint density at radius 2 is 1.26 bits per heavy atom. The van der Waals surface area contributed by atoms with E-state index in [1.54, 1.807) is 0 Å². The molecule has 0 rings (SSSR count). The third kappa shape index (κ3) is 21.8. The molecule has 0 spiro atoms. The Labute approximate surface area is 143 Å². The third-order valence-corrected chi connectivity index (χ3v) is 3.23. The summed E-state index contributed by atoms with van der Waals surface area (Å²) >= 11 is 0. The molecule has 0 saturated heterocycles. The molecule has 6 heteroatoms. The van der Waals surface area contributed by atoms with Gasteiger partial charge in [0.05, 0.1) is 25.9 Å². The normalized spacial score (nSPS) is 11.6. The number of hydrogen-bond donors (Lipinski definition) is 4. The fourth-order valence-corrected chi connectivity index (χ4v) is 1.84. The van der Waals surface area contributed by atoms with E-state index in [9.17, 15) is 0 Å². The summed E-state index contributed by atoms with van der Waals surface area (Å²) in [4.78, 5) is 4.14. The van der Waals surface area contributed by atoms with Crippen LogP contribution in [0.25, 0.3) is 0 Å². The Morgan fingerprint density at radius 1 is 0.783 bits per heavy atom. The first-order chi connectivity index (χ1) is 11.1. The van der Waals surface area contributed by atoms with Gasteiger partial charge in [-0.1, -0.05) is 41.0 Å². The van der Waals surface area contributed by atoms with Gasteiger partial charge >= 0.3 is 0 Å². The number of aliphatic hydroxyl groups excluding tert-OH is 4. The lowest BCUT2D eigenvalue weighted by Crippen LogP contribution is -2.33. The molecule has 0 bridgehead atoms. The predicted molar refractivity (Wildman–Crippen MR) is 97.7 cm³/mol. The summed E-state index contributed by atoms with van der Waals surface area (Å²) in [5, 5.41) is 34.8. The zero-order valence-corrected chi connectivity index (χ0v) is 16.0. The van der Waals surface area contributed by atoms with Crippen LogP contribution in [0.15, 0.2) is 0 Å². The number of rotatable bonds is 12. The van der Waals surface area contributed by atoms with E-state index in [0.29, 0.717) is 19.6 Å². The highest BCUT2D eigenvalue weighted by Crippen LogP contribution is 1.93. The molecular weight excluding hydrogens is 296 g/mol. The topological polar surface area (TPSA) is 87.4 Å². The molecule has 0 aliphatic heterocycles. The summed E-state index contributed by atoms with van der Waals surface area (Å²) in [6.45, 7) is 15.2. The van der Waals surface area contributed by atoms with Gasteiger partial charge in [0.15, 0.2) is 0 Å². The quantitative estimate of drug-likeness (QED) is 0.421. The van der Waals surface area contributed by atoms with Crippen molar-refractivity contribution < 1.29 is 20.4 Å². The van der Waals surface area contributed by atoms with Crippen LogP contribution in [0.3, 0.4) is 0 Å². The minimum atomic E-state index is -0.583. The van der Waals surface area contributed by atoms with Crippen LogP contribution in [-0.4, -0.2) is 95.4 Å². The molecule has 6 nitrogen and oxygen atoms in total. The largest absolute Gasteiger partial charge is 0.395 e. The molecule has 0 aliphatic rings. The molecule has 0 radical (unpaired) electrons. The highest BCUT2D eigenvalue weighted by Gasteiger charge is 2.06. The first-order valence-corrected chi connectivity index (χ1v) is 9.04. The van der Waals surface area contributed by atoms with Crippen LogP contribution in [0.5, 0.6) is 0 Å². The van der Waals surface area contributed by atoms with Gasteiger partial charge in [-0.15, -0.1) is 0 Å². The Kier molecular flexibility index (Phi) is 28.8. The fraction of sp³-hybridized carbons (Fsp3) is 1.00. The van der Waals surface area contributed by atoms with E-state index in [0.717, 1.165) is 32.5 Å². The zero-order valence-electron chi connectivity index (χ0n) is 16.0. The van der Waals surface area contributed by atoms with E-state index in [1.165, 1.54) is 0 Å². The molecule has 0 aliphatic carbocycles. The van der Waals surface area contributed by atoms with Gasteiger partial charge in [0.2, 0.25) is 0 Å². The van der Waals surface area contributed by atoms with E-state index in [-0.39, 0.29) is 19.8 Å². The van der Waals surface area contributed by atoms with E-state index in [4.69, 9.17) is 20.4 Å². The maximum Gasteiger partial charge on any atom is 0.0897 e. The van der Waals surface area contributed by atoms with Crippen LogP contribution in [0.1, 0.15) is 47.5 Å². The summed E-state index contributed by atoms with van der Waals surface area (Å²) < 4.78 is 0. The Hall–Kier alpha value is -0.240. The van der Waals surface area contributed by atoms with Crippen molar-refractivity contribution in [1.82, 2.24) is 9.80 Å². The van der Waals surface area contributed by atoms with Crippen molar-refractivity contribution >= 4 is 0 Å². The molecule has 0 saturated carbocycles. The highest BCUT2D eigenvalue weighted by atomic mass is 16.3.